The smallest absolute Gasteiger partial charge is 0.451 e. The lowest BCUT2D eigenvalue weighted by atomic mass is 10.2. The second kappa shape index (κ2) is 5.95. The Bertz CT molecular complexity index is 879. The van der Waals surface area contributed by atoms with Gasteiger partial charge in [0.2, 0.25) is 5.82 Å². The van der Waals surface area contributed by atoms with Crippen molar-refractivity contribution in [2.24, 2.45) is 0 Å². The first-order valence-corrected chi connectivity index (χ1v) is 6.82. The molecule has 0 saturated heterocycles. The van der Waals surface area contributed by atoms with Crippen LogP contribution >= 0.6 is 0 Å². The van der Waals surface area contributed by atoms with Gasteiger partial charge in [-0.2, -0.15) is 13.2 Å². The van der Waals surface area contributed by atoms with Crippen LogP contribution in [0.3, 0.4) is 0 Å². The molecule has 0 aliphatic rings. The van der Waals surface area contributed by atoms with Crippen LogP contribution in [-0.4, -0.2) is 17.1 Å². The first-order chi connectivity index (χ1) is 11.4. The highest BCUT2D eigenvalue weighted by Crippen LogP contribution is 2.32. The number of aromatic nitrogens is 2. The van der Waals surface area contributed by atoms with E-state index >= 15 is 0 Å². The van der Waals surface area contributed by atoms with Gasteiger partial charge in [0.15, 0.2) is 0 Å². The van der Waals surface area contributed by atoms with Gasteiger partial charge in [0.1, 0.15) is 17.4 Å². The molecule has 0 aliphatic heterocycles. The summed E-state index contributed by atoms with van der Waals surface area (Å²) >= 11 is 0. The van der Waals surface area contributed by atoms with Gasteiger partial charge in [-0.1, -0.05) is 0 Å². The van der Waals surface area contributed by atoms with Crippen LogP contribution in [0.1, 0.15) is 5.82 Å². The normalized spacial score (nSPS) is 11.5. The van der Waals surface area contributed by atoms with Crippen molar-refractivity contribution in [1.82, 2.24) is 9.97 Å². The minimum absolute atomic E-state index is 0.00487. The number of benzene rings is 2. The lowest BCUT2D eigenvalue weighted by Crippen LogP contribution is -2.12. The third-order valence-electron chi connectivity index (χ3n) is 3.26. The second-order valence-corrected chi connectivity index (χ2v) is 4.91. The lowest BCUT2D eigenvalue weighted by Gasteiger charge is -2.12. The van der Waals surface area contributed by atoms with Gasteiger partial charge in [0, 0.05) is 11.1 Å². The molecule has 0 unspecified atom stereocenters. The Hall–Kier alpha value is -2.90. The van der Waals surface area contributed by atoms with Crippen molar-refractivity contribution in [1.29, 1.82) is 0 Å². The number of nitrogens with one attached hydrogen (secondary N) is 1. The maximum atomic E-state index is 13.5. The highest BCUT2D eigenvalue weighted by atomic mass is 19.4. The fourth-order valence-electron chi connectivity index (χ4n) is 2.13. The standard InChI is InChI=1S/C16H11F4N3O/c1-24-11-5-3-10(4-6-11)21-14-12-8-9(17)2-7-13(12)22-15(23-14)16(18,19)20/h2-8H,1H3,(H,21,22,23). The van der Waals surface area contributed by atoms with E-state index in [1.165, 1.54) is 13.2 Å². The number of rotatable bonds is 3. The molecular formula is C16H11F4N3O. The summed E-state index contributed by atoms with van der Waals surface area (Å²) in [6.45, 7) is 0. The van der Waals surface area contributed by atoms with E-state index in [2.05, 4.69) is 15.3 Å². The molecule has 3 rings (SSSR count). The molecule has 0 radical (unpaired) electrons. The molecule has 124 valence electrons. The Kier molecular flexibility index (Phi) is 3.96. The SMILES string of the molecule is COc1ccc(Nc2nc(C(F)(F)F)nc3ccc(F)cc23)cc1. The summed E-state index contributed by atoms with van der Waals surface area (Å²) in [6, 6.07) is 9.81. The van der Waals surface area contributed by atoms with Crippen molar-refractivity contribution >= 4 is 22.4 Å². The highest BCUT2D eigenvalue weighted by Gasteiger charge is 2.35. The maximum Gasteiger partial charge on any atom is 0.451 e. The minimum Gasteiger partial charge on any atom is -0.497 e. The van der Waals surface area contributed by atoms with Crippen LogP contribution in [0.2, 0.25) is 0 Å². The first-order valence-electron chi connectivity index (χ1n) is 6.82. The summed E-state index contributed by atoms with van der Waals surface area (Å²) in [5, 5.41) is 2.92. The van der Waals surface area contributed by atoms with Crippen LogP contribution in [0.25, 0.3) is 10.9 Å². The molecule has 0 aliphatic carbocycles. The Morgan fingerprint density at radius 2 is 1.71 bits per heavy atom. The fraction of sp³-hybridized carbons (Fsp3) is 0.125. The summed E-state index contributed by atoms with van der Waals surface area (Å²) in [7, 11) is 1.50. The fourth-order valence-corrected chi connectivity index (χ4v) is 2.13. The van der Waals surface area contributed by atoms with Crippen LogP contribution in [0.15, 0.2) is 42.5 Å². The van der Waals surface area contributed by atoms with Crippen molar-refractivity contribution in [3.05, 3.63) is 54.1 Å². The minimum atomic E-state index is -4.71. The highest BCUT2D eigenvalue weighted by molar-refractivity contribution is 5.90. The Morgan fingerprint density at radius 1 is 1.00 bits per heavy atom. The number of hydrogen-bond acceptors (Lipinski definition) is 4. The van der Waals surface area contributed by atoms with E-state index in [-0.39, 0.29) is 16.7 Å². The van der Waals surface area contributed by atoms with E-state index in [4.69, 9.17) is 4.74 Å². The summed E-state index contributed by atoms with van der Waals surface area (Å²) in [5.74, 6) is -1.42. The van der Waals surface area contributed by atoms with E-state index in [0.29, 0.717) is 11.4 Å². The van der Waals surface area contributed by atoms with Crippen molar-refractivity contribution in [3.8, 4) is 5.75 Å². The molecule has 0 amide bonds. The number of nitrogens with zero attached hydrogens (tertiary/aromatic N) is 2. The largest absolute Gasteiger partial charge is 0.497 e. The molecule has 0 saturated carbocycles. The number of fused-ring (bicyclic) bond motifs is 1. The number of alkyl halides is 3. The summed E-state index contributed by atoms with van der Waals surface area (Å²) in [5.41, 5.74) is 0.475. The number of halogens is 4. The third-order valence-corrected chi connectivity index (χ3v) is 3.26. The van der Waals surface area contributed by atoms with E-state index in [9.17, 15) is 17.6 Å². The van der Waals surface area contributed by atoms with E-state index < -0.39 is 17.8 Å². The van der Waals surface area contributed by atoms with Gasteiger partial charge in [-0.05, 0) is 42.5 Å². The summed E-state index contributed by atoms with van der Waals surface area (Å²) in [6.07, 6.45) is -4.71. The van der Waals surface area contributed by atoms with Crippen LogP contribution in [-0.2, 0) is 6.18 Å². The lowest BCUT2D eigenvalue weighted by molar-refractivity contribution is -0.144. The second-order valence-electron chi connectivity index (χ2n) is 4.91. The zero-order valence-corrected chi connectivity index (χ0v) is 12.4. The number of ether oxygens (including phenoxy) is 1. The molecule has 1 N–H and O–H groups in total. The molecule has 0 spiro atoms. The van der Waals surface area contributed by atoms with Crippen molar-refractivity contribution in [2.75, 3.05) is 12.4 Å². The molecule has 2 aromatic carbocycles. The molecule has 1 aromatic heterocycles. The quantitative estimate of drug-likeness (QED) is 0.713. The van der Waals surface area contributed by atoms with Crippen LogP contribution in [0.4, 0.5) is 29.1 Å². The molecule has 8 heteroatoms. The summed E-state index contributed by atoms with van der Waals surface area (Å²) < 4.78 is 57.4. The molecule has 24 heavy (non-hydrogen) atoms. The Balaban J connectivity index is 2.11. The molecular weight excluding hydrogens is 326 g/mol. The molecule has 3 aromatic rings. The first kappa shape index (κ1) is 16.0. The van der Waals surface area contributed by atoms with Gasteiger partial charge in [-0.25, -0.2) is 14.4 Å². The Morgan fingerprint density at radius 3 is 2.33 bits per heavy atom. The van der Waals surface area contributed by atoms with Gasteiger partial charge in [-0.15, -0.1) is 0 Å². The maximum absolute atomic E-state index is 13.5. The van der Waals surface area contributed by atoms with Gasteiger partial charge in [0.25, 0.3) is 0 Å². The number of hydrogen-bond donors (Lipinski definition) is 1. The van der Waals surface area contributed by atoms with Crippen molar-refractivity contribution < 1.29 is 22.3 Å². The molecule has 0 fully saturated rings. The number of methoxy groups -OCH3 is 1. The van der Waals surface area contributed by atoms with E-state index in [1.807, 2.05) is 0 Å². The zero-order chi connectivity index (χ0) is 17.3. The predicted molar refractivity (Wildman–Crippen MR) is 80.8 cm³/mol. The van der Waals surface area contributed by atoms with Crippen LogP contribution in [0, 0.1) is 5.82 Å². The third kappa shape index (κ3) is 3.22. The molecule has 0 atom stereocenters. The summed E-state index contributed by atoms with van der Waals surface area (Å²) in [4.78, 5) is 6.96. The van der Waals surface area contributed by atoms with E-state index in [1.54, 1.807) is 24.3 Å². The zero-order valence-electron chi connectivity index (χ0n) is 12.4. The average Bonchev–Trinajstić information content (AvgIpc) is 2.55. The van der Waals surface area contributed by atoms with Gasteiger partial charge in [0.05, 0.1) is 12.6 Å². The van der Waals surface area contributed by atoms with Gasteiger partial charge >= 0.3 is 6.18 Å². The van der Waals surface area contributed by atoms with Gasteiger partial charge < -0.3 is 10.1 Å². The van der Waals surface area contributed by atoms with Crippen molar-refractivity contribution in [3.63, 3.8) is 0 Å². The monoisotopic (exact) mass is 337 g/mol. The molecule has 1 heterocycles. The topological polar surface area (TPSA) is 47.0 Å². The molecule has 4 nitrogen and oxygen atoms in total. The number of anilines is 2. The predicted octanol–water partition coefficient (Wildman–Crippen LogP) is 4.54. The van der Waals surface area contributed by atoms with E-state index in [0.717, 1.165) is 12.1 Å². The molecule has 0 bridgehead atoms. The van der Waals surface area contributed by atoms with Crippen LogP contribution < -0.4 is 10.1 Å². The van der Waals surface area contributed by atoms with Crippen molar-refractivity contribution in [2.45, 2.75) is 6.18 Å². The Labute approximate surface area is 134 Å². The van der Waals surface area contributed by atoms with Crippen LogP contribution in [0.5, 0.6) is 5.75 Å². The van der Waals surface area contributed by atoms with Gasteiger partial charge in [-0.3, -0.25) is 0 Å². The average molecular weight is 337 g/mol.